The Hall–Kier alpha value is -0.650. The van der Waals surface area contributed by atoms with Crippen LogP contribution >= 0.6 is 11.3 Å². The summed E-state index contributed by atoms with van der Waals surface area (Å²) >= 11 is 1.26. The van der Waals surface area contributed by atoms with E-state index in [1.807, 2.05) is 5.38 Å². The van der Waals surface area contributed by atoms with Crippen LogP contribution in [0.25, 0.3) is 0 Å². The second-order valence-corrected chi connectivity index (χ2v) is 5.61. The molecule has 5 heteroatoms. The fraction of sp³-hybridized carbons (Fsp3) is 0.750. The van der Waals surface area contributed by atoms with Gasteiger partial charge in [-0.25, -0.2) is 0 Å². The van der Waals surface area contributed by atoms with Gasteiger partial charge in [0.2, 0.25) is 0 Å². The van der Waals surface area contributed by atoms with Crippen molar-refractivity contribution in [3.63, 3.8) is 0 Å². The van der Waals surface area contributed by atoms with Gasteiger partial charge in [0.15, 0.2) is 0 Å². The molecule has 0 saturated carbocycles. The lowest BCUT2D eigenvalue weighted by Crippen LogP contribution is -2.27. The Morgan fingerprint density at radius 2 is 2.53 bits per heavy atom. The zero-order valence-electron chi connectivity index (χ0n) is 10.4. The molecular formula is C12H21N3OS. The number of hydrogen-bond acceptors (Lipinski definition) is 4. The number of likely N-dealkylation sites (tertiary alicyclic amines) is 1. The minimum atomic E-state index is 0.0559. The summed E-state index contributed by atoms with van der Waals surface area (Å²) in [6.45, 7) is 7.63. The lowest BCUT2D eigenvalue weighted by atomic mass is 10.1. The number of aromatic amines is 1. The van der Waals surface area contributed by atoms with Crippen molar-refractivity contribution in [2.75, 3.05) is 26.2 Å². The topological polar surface area (TPSA) is 48.1 Å². The number of nitrogens with zero attached hydrogens (tertiary/aromatic N) is 1. The normalized spacial score (nSPS) is 21.1. The van der Waals surface area contributed by atoms with Gasteiger partial charge in [-0.15, -0.1) is 0 Å². The molecule has 96 valence electrons. The Morgan fingerprint density at radius 1 is 1.65 bits per heavy atom. The van der Waals surface area contributed by atoms with Crippen molar-refractivity contribution in [2.24, 2.45) is 5.92 Å². The van der Waals surface area contributed by atoms with Gasteiger partial charge in [-0.3, -0.25) is 9.69 Å². The van der Waals surface area contributed by atoms with Gasteiger partial charge >= 0.3 is 4.87 Å². The van der Waals surface area contributed by atoms with Crippen molar-refractivity contribution in [1.82, 2.24) is 15.2 Å². The van der Waals surface area contributed by atoms with E-state index in [9.17, 15) is 4.79 Å². The quantitative estimate of drug-likeness (QED) is 0.752. The predicted octanol–water partition coefficient (Wildman–Crippen LogP) is 1.26. The van der Waals surface area contributed by atoms with Crippen LogP contribution in [0.5, 0.6) is 0 Å². The summed E-state index contributed by atoms with van der Waals surface area (Å²) < 4.78 is 0. The fourth-order valence-corrected chi connectivity index (χ4v) is 2.91. The van der Waals surface area contributed by atoms with Gasteiger partial charge in [-0.1, -0.05) is 18.3 Å². The van der Waals surface area contributed by atoms with Crippen molar-refractivity contribution in [3.8, 4) is 0 Å². The summed E-state index contributed by atoms with van der Waals surface area (Å²) in [5.74, 6) is 0.770. The third-order valence-corrected chi connectivity index (χ3v) is 3.91. The van der Waals surface area contributed by atoms with E-state index in [1.165, 1.54) is 24.2 Å². The molecule has 0 spiro atoms. The fourth-order valence-electron chi connectivity index (χ4n) is 2.34. The Kier molecular flexibility index (Phi) is 4.76. The molecule has 2 N–H and O–H groups in total. The van der Waals surface area contributed by atoms with Gasteiger partial charge in [0, 0.05) is 24.2 Å². The molecule has 1 aliphatic heterocycles. The maximum atomic E-state index is 11.0. The third-order valence-electron chi connectivity index (χ3n) is 3.19. The molecule has 1 fully saturated rings. The van der Waals surface area contributed by atoms with Crippen LogP contribution in [0.2, 0.25) is 0 Å². The molecule has 2 heterocycles. The minimum absolute atomic E-state index is 0.0559. The van der Waals surface area contributed by atoms with E-state index in [-0.39, 0.29) is 4.87 Å². The van der Waals surface area contributed by atoms with E-state index in [0.717, 1.165) is 44.3 Å². The highest BCUT2D eigenvalue weighted by Crippen LogP contribution is 2.17. The van der Waals surface area contributed by atoms with Crippen molar-refractivity contribution in [3.05, 3.63) is 20.7 Å². The molecule has 1 aliphatic rings. The van der Waals surface area contributed by atoms with E-state index in [2.05, 4.69) is 22.1 Å². The van der Waals surface area contributed by atoms with Gasteiger partial charge in [0.25, 0.3) is 0 Å². The number of rotatable bonds is 6. The molecule has 17 heavy (non-hydrogen) atoms. The van der Waals surface area contributed by atoms with Gasteiger partial charge in [0.05, 0.1) is 0 Å². The molecule has 2 rings (SSSR count). The molecule has 0 aromatic carbocycles. The SMILES string of the molecule is CCCNCC1CCN(Cc2csc(=O)[nH]2)C1. The second kappa shape index (κ2) is 6.33. The van der Waals surface area contributed by atoms with E-state index in [0.29, 0.717) is 0 Å². The standard InChI is InChI=1S/C12H21N3OS/c1-2-4-13-6-10-3-5-15(7-10)8-11-9-17-12(16)14-11/h9-10,13H,2-8H2,1H3,(H,14,16). The summed E-state index contributed by atoms with van der Waals surface area (Å²) in [6.07, 6.45) is 2.47. The van der Waals surface area contributed by atoms with Crippen molar-refractivity contribution < 1.29 is 0 Å². The average molecular weight is 255 g/mol. The van der Waals surface area contributed by atoms with Crippen LogP contribution in [0.15, 0.2) is 10.2 Å². The maximum Gasteiger partial charge on any atom is 0.304 e. The molecule has 1 unspecified atom stereocenters. The Balaban J connectivity index is 1.72. The third kappa shape index (κ3) is 3.94. The van der Waals surface area contributed by atoms with Crippen LogP contribution in [-0.2, 0) is 6.54 Å². The van der Waals surface area contributed by atoms with Crippen LogP contribution in [0.3, 0.4) is 0 Å². The first-order valence-corrected chi connectivity index (χ1v) is 7.25. The van der Waals surface area contributed by atoms with Gasteiger partial charge in [-0.05, 0) is 38.4 Å². The van der Waals surface area contributed by atoms with E-state index < -0.39 is 0 Å². The number of nitrogens with one attached hydrogen (secondary N) is 2. The van der Waals surface area contributed by atoms with Crippen molar-refractivity contribution in [1.29, 1.82) is 0 Å². The van der Waals surface area contributed by atoms with Crippen LogP contribution in [0.4, 0.5) is 0 Å². The molecule has 1 aromatic heterocycles. The van der Waals surface area contributed by atoms with Crippen molar-refractivity contribution in [2.45, 2.75) is 26.3 Å². The minimum Gasteiger partial charge on any atom is -0.316 e. The first kappa shape index (κ1) is 12.8. The largest absolute Gasteiger partial charge is 0.316 e. The smallest absolute Gasteiger partial charge is 0.304 e. The molecule has 4 nitrogen and oxygen atoms in total. The van der Waals surface area contributed by atoms with Crippen molar-refractivity contribution >= 4 is 11.3 Å². The number of thiazole rings is 1. The van der Waals surface area contributed by atoms with Crippen LogP contribution in [0.1, 0.15) is 25.5 Å². The molecule has 1 aromatic rings. The van der Waals surface area contributed by atoms with E-state index in [1.54, 1.807) is 0 Å². The summed E-state index contributed by atoms with van der Waals surface area (Å²) in [7, 11) is 0. The molecule has 0 aliphatic carbocycles. The molecule has 0 amide bonds. The molecule has 0 radical (unpaired) electrons. The average Bonchev–Trinajstić information content (AvgIpc) is 2.90. The van der Waals surface area contributed by atoms with Gasteiger partial charge in [0.1, 0.15) is 0 Å². The van der Waals surface area contributed by atoms with Crippen LogP contribution in [0, 0.1) is 5.92 Å². The first-order valence-electron chi connectivity index (χ1n) is 6.37. The molecule has 1 atom stereocenters. The highest BCUT2D eigenvalue weighted by Gasteiger charge is 2.22. The zero-order chi connectivity index (χ0) is 12.1. The monoisotopic (exact) mass is 255 g/mol. The first-order chi connectivity index (χ1) is 8.28. The van der Waals surface area contributed by atoms with Gasteiger partial charge in [-0.2, -0.15) is 0 Å². The summed E-state index contributed by atoms with van der Waals surface area (Å²) in [5.41, 5.74) is 1.06. The number of hydrogen-bond donors (Lipinski definition) is 2. The molecule has 1 saturated heterocycles. The number of aromatic nitrogens is 1. The van der Waals surface area contributed by atoms with Crippen LogP contribution < -0.4 is 10.2 Å². The number of H-pyrrole nitrogens is 1. The van der Waals surface area contributed by atoms with E-state index in [4.69, 9.17) is 0 Å². The van der Waals surface area contributed by atoms with Crippen LogP contribution in [-0.4, -0.2) is 36.1 Å². The highest BCUT2D eigenvalue weighted by atomic mass is 32.1. The highest BCUT2D eigenvalue weighted by molar-refractivity contribution is 7.07. The Labute approximate surface area is 106 Å². The second-order valence-electron chi connectivity index (χ2n) is 4.77. The lowest BCUT2D eigenvalue weighted by Gasteiger charge is -2.15. The van der Waals surface area contributed by atoms with E-state index >= 15 is 0 Å². The molecule has 0 bridgehead atoms. The zero-order valence-corrected chi connectivity index (χ0v) is 11.2. The predicted molar refractivity (Wildman–Crippen MR) is 71.5 cm³/mol. The Bertz CT molecular complexity index is 387. The lowest BCUT2D eigenvalue weighted by molar-refractivity contribution is 0.311. The maximum absolute atomic E-state index is 11.0. The summed E-state index contributed by atoms with van der Waals surface area (Å²) in [6, 6.07) is 0. The summed E-state index contributed by atoms with van der Waals surface area (Å²) in [4.78, 5) is 16.4. The Morgan fingerprint density at radius 3 is 3.24 bits per heavy atom. The summed E-state index contributed by atoms with van der Waals surface area (Å²) in [5, 5.41) is 5.42. The van der Waals surface area contributed by atoms with Gasteiger partial charge < -0.3 is 10.3 Å². The molecular weight excluding hydrogens is 234 g/mol.